The molecule has 3 heterocycles. The lowest BCUT2D eigenvalue weighted by atomic mass is 10.1. The second kappa shape index (κ2) is 5.75. The van der Waals surface area contributed by atoms with Gasteiger partial charge in [-0.3, -0.25) is 14.9 Å². The number of hydrogen-bond donors (Lipinski definition) is 1. The van der Waals surface area contributed by atoms with Crippen LogP contribution in [-0.2, 0) is 6.54 Å². The van der Waals surface area contributed by atoms with Crippen LogP contribution in [0.2, 0.25) is 5.15 Å². The van der Waals surface area contributed by atoms with Crippen molar-refractivity contribution in [1.29, 1.82) is 0 Å². The first-order valence-electron chi connectivity index (χ1n) is 6.96. The van der Waals surface area contributed by atoms with Crippen LogP contribution in [0.5, 0.6) is 0 Å². The van der Waals surface area contributed by atoms with E-state index in [0.29, 0.717) is 16.9 Å². The molecule has 114 valence electrons. The number of piperazine rings is 1. The summed E-state index contributed by atoms with van der Waals surface area (Å²) in [6.45, 7) is 7.35. The third-order valence-corrected chi connectivity index (χ3v) is 4.28. The second-order valence-electron chi connectivity index (χ2n) is 5.53. The first kappa shape index (κ1) is 14.5. The van der Waals surface area contributed by atoms with Crippen LogP contribution in [-0.4, -0.2) is 56.8 Å². The van der Waals surface area contributed by atoms with Crippen molar-refractivity contribution in [2.24, 2.45) is 0 Å². The Morgan fingerprint density at radius 3 is 2.81 bits per heavy atom. The van der Waals surface area contributed by atoms with Crippen molar-refractivity contribution in [2.45, 2.75) is 26.4 Å². The first-order chi connectivity index (χ1) is 10.0. The number of rotatable bonds is 3. The average molecular weight is 311 g/mol. The summed E-state index contributed by atoms with van der Waals surface area (Å²) in [5, 5.41) is 11.4. The maximum Gasteiger partial charge on any atom is 0.245 e. The molecule has 1 saturated heterocycles. The predicted octanol–water partition coefficient (Wildman–Crippen LogP) is 1.55. The molecule has 1 N–H and O–H groups in total. The number of H-pyrrole nitrogens is 1. The van der Waals surface area contributed by atoms with E-state index in [1.807, 2.05) is 13.8 Å². The number of hydrogen-bond acceptors (Lipinski definition) is 6. The highest BCUT2D eigenvalue weighted by atomic mass is 35.5. The van der Waals surface area contributed by atoms with E-state index in [9.17, 15) is 0 Å². The fraction of sp³-hybridized carbons (Fsp3) is 0.615. The van der Waals surface area contributed by atoms with Gasteiger partial charge in [0.2, 0.25) is 5.89 Å². The molecule has 1 atom stereocenters. The number of halogens is 1. The Kier molecular flexibility index (Phi) is 3.97. The van der Waals surface area contributed by atoms with Gasteiger partial charge < -0.3 is 4.52 Å². The highest BCUT2D eigenvalue weighted by molar-refractivity contribution is 6.30. The molecule has 0 unspecified atom stereocenters. The molecule has 21 heavy (non-hydrogen) atoms. The SMILES string of the molecule is Cc1noc([C@@H]2CN(Cc3c(Cl)n[nH]c3C)CCN2C)n1. The van der Waals surface area contributed by atoms with Gasteiger partial charge in [0.05, 0.1) is 0 Å². The zero-order valence-corrected chi connectivity index (χ0v) is 13.2. The van der Waals surface area contributed by atoms with Gasteiger partial charge in [-0.15, -0.1) is 0 Å². The van der Waals surface area contributed by atoms with Crippen LogP contribution in [0.3, 0.4) is 0 Å². The molecule has 8 heteroatoms. The third-order valence-electron chi connectivity index (χ3n) is 3.97. The van der Waals surface area contributed by atoms with Crippen molar-refractivity contribution in [3.05, 3.63) is 28.1 Å². The highest BCUT2D eigenvalue weighted by Gasteiger charge is 2.30. The number of likely N-dealkylation sites (N-methyl/N-ethyl adjacent to an activating group) is 1. The van der Waals surface area contributed by atoms with Gasteiger partial charge in [0.15, 0.2) is 11.0 Å². The summed E-state index contributed by atoms with van der Waals surface area (Å²) in [5.74, 6) is 1.35. The van der Waals surface area contributed by atoms with Crippen molar-refractivity contribution in [1.82, 2.24) is 30.1 Å². The van der Waals surface area contributed by atoms with Crippen LogP contribution in [0.4, 0.5) is 0 Å². The molecular formula is C13H19ClN6O. The van der Waals surface area contributed by atoms with Crippen molar-refractivity contribution in [2.75, 3.05) is 26.7 Å². The lowest BCUT2D eigenvalue weighted by Crippen LogP contribution is -2.46. The van der Waals surface area contributed by atoms with Gasteiger partial charge in [0, 0.05) is 37.4 Å². The largest absolute Gasteiger partial charge is 0.338 e. The Morgan fingerprint density at radius 2 is 2.19 bits per heavy atom. The molecule has 0 radical (unpaired) electrons. The van der Waals surface area contributed by atoms with Crippen LogP contribution in [0.25, 0.3) is 0 Å². The van der Waals surface area contributed by atoms with Crippen molar-refractivity contribution in [3.8, 4) is 0 Å². The van der Waals surface area contributed by atoms with Gasteiger partial charge in [0.1, 0.15) is 6.04 Å². The summed E-state index contributed by atoms with van der Waals surface area (Å²) in [7, 11) is 2.08. The van der Waals surface area contributed by atoms with E-state index in [0.717, 1.165) is 37.4 Å². The summed E-state index contributed by atoms with van der Waals surface area (Å²) in [6.07, 6.45) is 0. The van der Waals surface area contributed by atoms with Crippen molar-refractivity contribution in [3.63, 3.8) is 0 Å². The number of aromatic nitrogens is 4. The molecule has 0 amide bonds. The molecule has 0 aliphatic carbocycles. The van der Waals surface area contributed by atoms with Gasteiger partial charge in [-0.2, -0.15) is 10.1 Å². The first-order valence-corrected chi connectivity index (χ1v) is 7.34. The summed E-state index contributed by atoms with van der Waals surface area (Å²) in [4.78, 5) is 8.95. The lowest BCUT2D eigenvalue weighted by Gasteiger charge is -2.37. The topological polar surface area (TPSA) is 74.1 Å². The van der Waals surface area contributed by atoms with Gasteiger partial charge in [-0.1, -0.05) is 16.8 Å². The molecule has 1 aliphatic rings. The molecule has 3 rings (SSSR count). The fourth-order valence-electron chi connectivity index (χ4n) is 2.62. The van der Waals surface area contributed by atoms with E-state index in [4.69, 9.17) is 16.1 Å². The molecule has 2 aromatic heterocycles. The van der Waals surface area contributed by atoms with Gasteiger partial charge >= 0.3 is 0 Å². The summed E-state index contributed by atoms with van der Waals surface area (Å²) < 4.78 is 5.33. The Bertz CT molecular complexity index is 604. The van der Waals surface area contributed by atoms with Crippen LogP contribution in [0.15, 0.2) is 4.52 Å². The smallest absolute Gasteiger partial charge is 0.245 e. The minimum Gasteiger partial charge on any atom is -0.338 e. The van der Waals surface area contributed by atoms with Crippen molar-refractivity contribution < 1.29 is 4.52 Å². The molecule has 0 spiro atoms. The molecule has 0 bridgehead atoms. The number of aryl methyl sites for hydroxylation is 2. The van der Waals surface area contributed by atoms with E-state index in [2.05, 4.69) is 37.2 Å². The molecule has 2 aromatic rings. The lowest BCUT2D eigenvalue weighted by molar-refractivity contribution is 0.0714. The van der Waals surface area contributed by atoms with Gasteiger partial charge in [0.25, 0.3) is 0 Å². The Labute approximate surface area is 128 Å². The molecule has 0 saturated carbocycles. The predicted molar refractivity (Wildman–Crippen MR) is 78.0 cm³/mol. The van der Waals surface area contributed by atoms with Crippen LogP contribution >= 0.6 is 11.6 Å². The highest BCUT2D eigenvalue weighted by Crippen LogP contribution is 2.25. The molecule has 7 nitrogen and oxygen atoms in total. The standard InChI is InChI=1S/C13H19ClN6O/c1-8-10(12(14)17-16-8)6-20-5-4-19(3)11(7-20)13-15-9(2)18-21-13/h11H,4-7H2,1-3H3,(H,16,17)/t11-/m0/s1. The molecule has 0 aromatic carbocycles. The normalized spacial score (nSPS) is 21.0. The van der Waals surface area contributed by atoms with E-state index in [-0.39, 0.29) is 6.04 Å². The Morgan fingerprint density at radius 1 is 1.38 bits per heavy atom. The number of aromatic amines is 1. The van der Waals surface area contributed by atoms with E-state index < -0.39 is 0 Å². The van der Waals surface area contributed by atoms with E-state index in [1.54, 1.807) is 0 Å². The maximum atomic E-state index is 6.13. The van der Waals surface area contributed by atoms with Crippen molar-refractivity contribution >= 4 is 11.6 Å². The minimum absolute atomic E-state index is 0.117. The summed E-state index contributed by atoms with van der Waals surface area (Å²) >= 11 is 6.13. The number of nitrogens with one attached hydrogen (secondary N) is 1. The van der Waals surface area contributed by atoms with Crippen LogP contribution in [0, 0.1) is 13.8 Å². The van der Waals surface area contributed by atoms with E-state index >= 15 is 0 Å². The monoisotopic (exact) mass is 310 g/mol. The minimum atomic E-state index is 0.117. The zero-order valence-electron chi connectivity index (χ0n) is 12.4. The van der Waals surface area contributed by atoms with Gasteiger partial charge in [-0.25, -0.2) is 0 Å². The Balaban J connectivity index is 1.74. The van der Waals surface area contributed by atoms with Crippen LogP contribution < -0.4 is 0 Å². The quantitative estimate of drug-likeness (QED) is 0.927. The maximum absolute atomic E-state index is 6.13. The van der Waals surface area contributed by atoms with Gasteiger partial charge in [-0.05, 0) is 20.9 Å². The van der Waals surface area contributed by atoms with E-state index in [1.165, 1.54) is 0 Å². The van der Waals surface area contributed by atoms with Crippen LogP contribution in [0.1, 0.15) is 29.0 Å². The summed E-state index contributed by atoms with van der Waals surface area (Å²) in [5.41, 5.74) is 2.07. The average Bonchev–Trinajstić information content (AvgIpc) is 3.01. The number of nitrogens with zero attached hydrogens (tertiary/aromatic N) is 5. The third kappa shape index (κ3) is 2.95. The molecular weight excluding hydrogens is 292 g/mol. The Hall–Kier alpha value is -1.44. The second-order valence-corrected chi connectivity index (χ2v) is 5.89. The molecule has 1 aliphatic heterocycles. The zero-order chi connectivity index (χ0) is 15.0. The molecule has 1 fully saturated rings. The fourth-order valence-corrected chi connectivity index (χ4v) is 2.86. The summed E-state index contributed by atoms with van der Waals surface area (Å²) in [6, 6.07) is 0.117.